The first-order valence-electron chi connectivity index (χ1n) is 6.67. The van der Waals surface area contributed by atoms with Crippen LogP contribution in [0, 0.1) is 13.8 Å². The van der Waals surface area contributed by atoms with E-state index in [1.165, 1.54) is 0 Å². The van der Waals surface area contributed by atoms with Crippen molar-refractivity contribution in [3.8, 4) is 5.75 Å². The third-order valence-electron chi connectivity index (χ3n) is 3.44. The Hall–Kier alpha value is -2.26. The van der Waals surface area contributed by atoms with Gasteiger partial charge in [0.1, 0.15) is 5.75 Å². The molecule has 4 heteroatoms. The Labute approximate surface area is 128 Å². The number of fused-ring (bicyclic) bond motifs is 1. The number of aromatic nitrogens is 1. The number of pyridine rings is 1. The zero-order chi connectivity index (χ0) is 15.0. The molecule has 0 bridgehead atoms. The van der Waals surface area contributed by atoms with E-state index in [0.29, 0.717) is 0 Å². The van der Waals surface area contributed by atoms with Crippen LogP contribution in [0.4, 0.5) is 11.4 Å². The molecule has 0 aliphatic carbocycles. The van der Waals surface area contributed by atoms with E-state index in [4.69, 9.17) is 11.6 Å². The van der Waals surface area contributed by atoms with E-state index in [1.54, 1.807) is 12.1 Å². The highest BCUT2D eigenvalue weighted by molar-refractivity contribution is 6.32. The number of phenols is 1. The molecule has 0 saturated carbocycles. The second-order valence-corrected chi connectivity index (χ2v) is 5.46. The lowest BCUT2D eigenvalue weighted by molar-refractivity contribution is 0.475. The highest BCUT2D eigenvalue weighted by Crippen LogP contribution is 2.31. The number of halogens is 1. The van der Waals surface area contributed by atoms with Crippen molar-refractivity contribution in [3.05, 3.63) is 58.7 Å². The number of hydrogen-bond acceptors (Lipinski definition) is 3. The van der Waals surface area contributed by atoms with Crippen molar-refractivity contribution < 1.29 is 5.11 Å². The average Bonchev–Trinajstić information content (AvgIpc) is 2.46. The summed E-state index contributed by atoms with van der Waals surface area (Å²) in [6, 6.07) is 12.8. The number of aromatic hydroxyl groups is 1. The second-order valence-electron chi connectivity index (χ2n) is 5.05. The molecule has 0 radical (unpaired) electrons. The molecule has 1 heterocycles. The van der Waals surface area contributed by atoms with E-state index in [0.717, 1.165) is 38.6 Å². The normalized spacial score (nSPS) is 10.8. The summed E-state index contributed by atoms with van der Waals surface area (Å²) in [6.07, 6.45) is 0. The molecule has 0 aliphatic rings. The quantitative estimate of drug-likeness (QED) is 0.658. The summed E-state index contributed by atoms with van der Waals surface area (Å²) in [7, 11) is 0. The zero-order valence-electron chi connectivity index (χ0n) is 11.8. The average molecular weight is 299 g/mol. The van der Waals surface area contributed by atoms with Crippen molar-refractivity contribution in [2.75, 3.05) is 5.32 Å². The lowest BCUT2D eigenvalue weighted by Gasteiger charge is -2.13. The smallest absolute Gasteiger partial charge is 0.115 e. The lowest BCUT2D eigenvalue weighted by atomic mass is 10.1. The van der Waals surface area contributed by atoms with Gasteiger partial charge in [0.25, 0.3) is 0 Å². The second kappa shape index (κ2) is 5.26. The molecular weight excluding hydrogens is 284 g/mol. The third-order valence-corrected chi connectivity index (χ3v) is 3.85. The van der Waals surface area contributed by atoms with Crippen LogP contribution in [0.25, 0.3) is 10.9 Å². The van der Waals surface area contributed by atoms with Crippen LogP contribution >= 0.6 is 11.6 Å². The Morgan fingerprint density at radius 1 is 1.05 bits per heavy atom. The molecule has 2 aromatic carbocycles. The topological polar surface area (TPSA) is 45.1 Å². The minimum Gasteiger partial charge on any atom is -0.508 e. The summed E-state index contributed by atoms with van der Waals surface area (Å²) in [5.74, 6) is 0.249. The number of hydrogen-bond donors (Lipinski definition) is 2. The van der Waals surface area contributed by atoms with Crippen LogP contribution in [0.5, 0.6) is 5.75 Å². The maximum Gasteiger partial charge on any atom is 0.115 e. The van der Waals surface area contributed by atoms with Gasteiger partial charge in [0.15, 0.2) is 0 Å². The van der Waals surface area contributed by atoms with Crippen molar-refractivity contribution in [1.82, 2.24) is 4.98 Å². The van der Waals surface area contributed by atoms with E-state index in [1.807, 2.05) is 44.2 Å². The van der Waals surface area contributed by atoms with Crippen LogP contribution in [0.3, 0.4) is 0 Å². The molecule has 0 amide bonds. The van der Waals surface area contributed by atoms with Gasteiger partial charge in [-0.2, -0.15) is 0 Å². The molecular formula is C17H15ClN2O. The fourth-order valence-corrected chi connectivity index (χ4v) is 2.49. The summed E-state index contributed by atoms with van der Waals surface area (Å²) in [4.78, 5) is 4.59. The summed E-state index contributed by atoms with van der Waals surface area (Å²) >= 11 is 6.18. The van der Waals surface area contributed by atoms with Crippen molar-refractivity contribution in [2.45, 2.75) is 13.8 Å². The number of anilines is 2. The van der Waals surface area contributed by atoms with Gasteiger partial charge in [-0.05, 0) is 61.9 Å². The monoisotopic (exact) mass is 298 g/mol. The molecule has 21 heavy (non-hydrogen) atoms. The first kappa shape index (κ1) is 13.7. The first-order valence-corrected chi connectivity index (χ1v) is 7.05. The van der Waals surface area contributed by atoms with E-state index in [-0.39, 0.29) is 5.75 Å². The molecule has 3 aromatic rings. The van der Waals surface area contributed by atoms with Crippen molar-refractivity contribution >= 4 is 33.9 Å². The van der Waals surface area contributed by atoms with Gasteiger partial charge in [0.05, 0.1) is 5.52 Å². The lowest BCUT2D eigenvalue weighted by Crippen LogP contribution is -1.96. The van der Waals surface area contributed by atoms with Gasteiger partial charge in [-0.1, -0.05) is 11.6 Å². The number of aryl methyl sites for hydroxylation is 2. The molecule has 0 fully saturated rings. The fraction of sp³-hybridized carbons (Fsp3) is 0.118. The maximum absolute atomic E-state index is 9.35. The number of nitrogens with zero attached hydrogens (tertiary/aromatic N) is 1. The van der Waals surface area contributed by atoms with Crippen LogP contribution in [-0.2, 0) is 0 Å². The predicted molar refractivity (Wildman–Crippen MR) is 87.6 cm³/mol. The van der Waals surface area contributed by atoms with Gasteiger partial charge < -0.3 is 10.4 Å². The van der Waals surface area contributed by atoms with Crippen LogP contribution in [0.15, 0.2) is 42.5 Å². The van der Waals surface area contributed by atoms with Crippen molar-refractivity contribution in [3.63, 3.8) is 0 Å². The number of phenolic OH excluding ortho intramolecular Hbond substituents is 1. The highest BCUT2D eigenvalue weighted by Gasteiger charge is 2.09. The predicted octanol–water partition coefficient (Wildman–Crippen LogP) is 4.95. The summed E-state index contributed by atoms with van der Waals surface area (Å²) in [5, 5.41) is 14.5. The van der Waals surface area contributed by atoms with Gasteiger partial charge in [-0.15, -0.1) is 0 Å². The zero-order valence-corrected chi connectivity index (χ0v) is 12.6. The minimum absolute atomic E-state index is 0.249. The Morgan fingerprint density at radius 3 is 2.48 bits per heavy atom. The van der Waals surface area contributed by atoms with Crippen LogP contribution in [-0.4, -0.2) is 10.1 Å². The third kappa shape index (κ3) is 2.65. The molecule has 3 nitrogen and oxygen atoms in total. The Balaban J connectivity index is 2.13. The van der Waals surface area contributed by atoms with Gasteiger partial charge in [-0.3, -0.25) is 4.98 Å². The number of nitrogens with one attached hydrogen (secondary N) is 1. The SMILES string of the molecule is Cc1cc(Nc2ccc(O)cc2)c2ccc(Cl)c(C)c2n1. The molecule has 0 unspecified atom stereocenters. The highest BCUT2D eigenvalue weighted by atomic mass is 35.5. The van der Waals surface area contributed by atoms with E-state index in [9.17, 15) is 5.11 Å². The Kier molecular flexibility index (Phi) is 3.43. The summed E-state index contributed by atoms with van der Waals surface area (Å²) in [5.41, 5.74) is 4.69. The molecule has 0 saturated heterocycles. The van der Waals surface area contributed by atoms with Crippen LogP contribution in [0.2, 0.25) is 5.02 Å². The summed E-state index contributed by atoms with van der Waals surface area (Å²) in [6.45, 7) is 3.93. The van der Waals surface area contributed by atoms with E-state index < -0.39 is 0 Å². The molecule has 106 valence electrons. The maximum atomic E-state index is 9.35. The van der Waals surface area contributed by atoms with Gasteiger partial charge in [0.2, 0.25) is 0 Å². The number of rotatable bonds is 2. The standard InChI is InChI=1S/C17H15ClN2O/c1-10-9-16(20-12-3-5-13(21)6-4-12)14-7-8-15(18)11(2)17(14)19-10/h3-9,21H,1-2H3,(H,19,20). The first-order chi connectivity index (χ1) is 10.0. The molecule has 2 N–H and O–H groups in total. The molecule has 0 aliphatic heterocycles. The largest absolute Gasteiger partial charge is 0.508 e. The van der Waals surface area contributed by atoms with Gasteiger partial charge in [0, 0.05) is 27.5 Å². The van der Waals surface area contributed by atoms with Crippen LogP contribution in [0.1, 0.15) is 11.3 Å². The molecule has 3 rings (SSSR count). The van der Waals surface area contributed by atoms with Crippen molar-refractivity contribution in [2.24, 2.45) is 0 Å². The van der Waals surface area contributed by atoms with Gasteiger partial charge in [-0.25, -0.2) is 0 Å². The van der Waals surface area contributed by atoms with E-state index >= 15 is 0 Å². The molecule has 0 atom stereocenters. The van der Waals surface area contributed by atoms with Gasteiger partial charge >= 0.3 is 0 Å². The minimum atomic E-state index is 0.249. The molecule has 0 spiro atoms. The van der Waals surface area contributed by atoms with E-state index in [2.05, 4.69) is 10.3 Å². The van der Waals surface area contributed by atoms with Crippen molar-refractivity contribution in [1.29, 1.82) is 0 Å². The number of benzene rings is 2. The Morgan fingerprint density at radius 2 is 1.76 bits per heavy atom. The molecule has 1 aromatic heterocycles. The van der Waals surface area contributed by atoms with Crippen LogP contribution < -0.4 is 5.32 Å². The summed E-state index contributed by atoms with van der Waals surface area (Å²) < 4.78 is 0. The fourth-order valence-electron chi connectivity index (χ4n) is 2.34. The Bertz CT molecular complexity index is 813.